The second-order valence-electron chi connectivity index (χ2n) is 5.61. The summed E-state index contributed by atoms with van der Waals surface area (Å²) in [5, 5.41) is 12.6. The first-order chi connectivity index (χ1) is 12.4. The van der Waals surface area contributed by atoms with Gasteiger partial charge in [0.1, 0.15) is 11.9 Å². The third kappa shape index (κ3) is 3.54. The Kier molecular flexibility index (Phi) is 5.74. The van der Waals surface area contributed by atoms with Gasteiger partial charge >= 0.3 is 0 Å². The largest absolute Gasteiger partial charge is 0.497 e. The molecule has 0 aromatic heterocycles. The number of nitro benzene ring substituents is 1. The number of ether oxygens (including phenoxy) is 3. The van der Waals surface area contributed by atoms with Crippen LogP contribution in [0.1, 0.15) is 17.2 Å². The van der Waals surface area contributed by atoms with E-state index in [1.807, 2.05) is 0 Å². The molecule has 3 rings (SSSR count). The van der Waals surface area contributed by atoms with Crippen molar-refractivity contribution in [2.24, 2.45) is 0 Å². The lowest BCUT2D eigenvalue weighted by molar-refractivity contribution is -0.386. The van der Waals surface area contributed by atoms with Crippen LogP contribution in [0.2, 0.25) is 10.0 Å². The second kappa shape index (κ2) is 7.70. The summed E-state index contributed by atoms with van der Waals surface area (Å²) in [5.41, 5.74) is 0.905. The van der Waals surface area contributed by atoms with Gasteiger partial charge in [0.05, 0.1) is 34.6 Å². The number of hydrogen-bond acceptors (Lipinski definition) is 5. The summed E-state index contributed by atoms with van der Waals surface area (Å²) in [6.07, 6.45) is -0.658. The van der Waals surface area contributed by atoms with Crippen LogP contribution in [0.3, 0.4) is 0 Å². The second-order valence-corrected chi connectivity index (χ2v) is 7.01. The van der Waals surface area contributed by atoms with Crippen molar-refractivity contribution in [3.63, 3.8) is 0 Å². The minimum absolute atomic E-state index is 0.0630. The molecule has 0 N–H and O–H groups in total. The van der Waals surface area contributed by atoms with Crippen LogP contribution in [0.25, 0.3) is 0 Å². The molecule has 9 heteroatoms. The third-order valence-electron chi connectivity index (χ3n) is 4.10. The van der Waals surface area contributed by atoms with Crippen LogP contribution in [0.15, 0.2) is 36.4 Å². The topological polar surface area (TPSA) is 70.8 Å². The number of methoxy groups -OCH3 is 1. The Morgan fingerprint density at radius 1 is 1.35 bits per heavy atom. The molecule has 6 nitrogen and oxygen atoms in total. The average molecular weight is 463 g/mol. The fourth-order valence-electron chi connectivity index (χ4n) is 2.83. The molecule has 0 spiro atoms. The van der Waals surface area contributed by atoms with Gasteiger partial charge in [-0.05, 0) is 24.3 Å². The van der Waals surface area contributed by atoms with E-state index in [0.717, 1.165) is 0 Å². The molecule has 0 aliphatic carbocycles. The predicted octanol–water partition coefficient (Wildman–Crippen LogP) is 5.25. The maximum atomic E-state index is 11.4. The molecule has 1 fully saturated rings. The fraction of sp³-hybridized carbons (Fsp3) is 0.294. The first kappa shape index (κ1) is 19.4. The van der Waals surface area contributed by atoms with E-state index in [1.54, 1.807) is 24.3 Å². The van der Waals surface area contributed by atoms with Crippen molar-refractivity contribution >= 4 is 44.8 Å². The highest BCUT2D eigenvalue weighted by atomic mass is 79.9. The summed E-state index contributed by atoms with van der Waals surface area (Å²) in [5.74, 6) is -0.682. The minimum atomic E-state index is -1.18. The molecule has 0 saturated carbocycles. The molecule has 2 aromatic carbocycles. The molecular weight excluding hydrogens is 449 g/mol. The highest BCUT2D eigenvalue weighted by Crippen LogP contribution is 2.46. The van der Waals surface area contributed by atoms with Gasteiger partial charge in [0.15, 0.2) is 0 Å². The van der Waals surface area contributed by atoms with E-state index in [4.69, 9.17) is 37.4 Å². The highest BCUT2D eigenvalue weighted by molar-refractivity contribution is 9.09. The molecule has 1 aliphatic heterocycles. The Balaban J connectivity index is 2.00. The Labute approximate surface area is 168 Å². The van der Waals surface area contributed by atoms with Crippen molar-refractivity contribution in [2.75, 3.05) is 19.0 Å². The Hall–Kier alpha value is -1.38. The molecule has 1 heterocycles. The van der Waals surface area contributed by atoms with Gasteiger partial charge in [0.2, 0.25) is 5.79 Å². The fourth-order valence-corrected chi connectivity index (χ4v) is 3.98. The van der Waals surface area contributed by atoms with E-state index in [0.29, 0.717) is 26.9 Å². The number of nitro groups is 1. The quantitative estimate of drug-likeness (QED) is 0.345. The molecule has 0 bridgehead atoms. The number of rotatable bonds is 5. The smallest absolute Gasteiger partial charge is 0.275 e. The maximum Gasteiger partial charge on any atom is 0.275 e. The summed E-state index contributed by atoms with van der Waals surface area (Å²) in [7, 11) is 1.49. The zero-order valence-corrected chi connectivity index (χ0v) is 16.7. The first-order valence-corrected chi connectivity index (χ1v) is 9.43. The number of alkyl halides is 1. The van der Waals surface area contributed by atoms with Gasteiger partial charge in [-0.2, -0.15) is 0 Å². The molecule has 2 atom stereocenters. The van der Waals surface area contributed by atoms with Crippen molar-refractivity contribution in [2.45, 2.75) is 11.9 Å². The molecule has 0 unspecified atom stereocenters. The van der Waals surface area contributed by atoms with Crippen LogP contribution in [-0.4, -0.2) is 24.0 Å². The Bertz CT molecular complexity index is 850. The summed E-state index contributed by atoms with van der Waals surface area (Å²) < 4.78 is 17.2. The number of nitrogens with zero attached hydrogens (tertiary/aromatic N) is 1. The summed E-state index contributed by atoms with van der Waals surface area (Å²) in [6.45, 7) is 0.124. The molecule has 0 amide bonds. The van der Waals surface area contributed by atoms with Crippen LogP contribution in [0.5, 0.6) is 5.75 Å². The van der Waals surface area contributed by atoms with Crippen LogP contribution in [-0.2, 0) is 15.3 Å². The molecule has 1 saturated heterocycles. The van der Waals surface area contributed by atoms with Crippen molar-refractivity contribution in [1.82, 2.24) is 0 Å². The van der Waals surface area contributed by atoms with Crippen molar-refractivity contribution in [3.8, 4) is 5.75 Å². The molecule has 1 aliphatic rings. The average Bonchev–Trinajstić information content (AvgIpc) is 3.06. The standard InChI is InChI=1S/C17H14BrCl2NO5/c1-24-11-3-5-15(21(22)23)12(7-11)16-8-25-17(9-18,26-16)13-4-2-10(19)6-14(13)20/h2-7,16H,8-9H2,1H3/t16-,17-/m0/s1. The van der Waals surface area contributed by atoms with Gasteiger partial charge in [0.25, 0.3) is 5.69 Å². The van der Waals surface area contributed by atoms with Crippen molar-refractivity contribution in [3.05, 3.63) is 67.7 Å². The lowest BCUT2D eigenvalue weighted by Crippen LogP contribution is -2.29. The van der Waals surface area contributed by atoms with Gasteiger partial charge < -0.3 is 14.2 Å². The predicted molar refractivity (Wildman–Crippen MR) is 101 cm³/mol. The normalized spacial score (nSPS) is 22.4. The van der Waals surface area contributed by atoms with E-state index >= 15 is 0 Å². The summed E-state index contributed by atoms with van der Waals surface area (Å²) >= 11 is 15.7. The zero-order valence-electron chi connectivity index (χ0n) is 13.6. The third-order valence-corrected chi connectivity index (χ3v) is 5.38. The Morgan fingerprint density at radius 2 is 2.12 bits per heavy atom. The van der Waals surface area contributed by atoms with Gasteiger partial charge in [-0.1, -0.05) is 45.2 Å². The number of hydrogen-bond donors (Lipinski definition) is 0. The molecular formula is C17H14BrCl2NO5. The number of benzene rings is 2. The van der Waals surface area contributed by atoms with Crippen LogP contribution >= 0.6 is 39.1 Å². The SMILES string of the molecule is COc1ccc([N+](=O)[O-])c([C@@H]2CO[C@](CBr)(c3ccc(Cl)cc3Cl)O2)c1. The molecule has 2 aromatic rings. The first-order valence-electron chi connectivity index (χ1n) is 7.56. The lowest BCUT2D eigenvalue weighted by Gasteiger charge is -2.27. The lowest BCUT2D eigenvalue weighted by atomic mass is 10.1. The monoisotopic (exact) mass is 461 g/mol. The van der Waals surface area contributed by atoms with Gasteiger partial charge in [-0.3, -0.25) is 10.1 Å². The van der Waals surface area contributed by atoms with E-state index in [9.17, 15) is 10.1 Å². The van der Waals surface area contributed by atoms with Crippen LogP contribution in [0, 0.1) is 10.1 Å². The van der Waals surface area contributed by atoms with Crippen LogP contribution in [0.4, 0.5) is 5.69 Å². The molecule has 0 radical (unpaired) electrons. The highest BCUT2D eigenvalue weighted by Gasteiger charge is 2.46. The Morgan fingerprint density at radius 3 is 2.73 bits per heavy atom. The van der Waals surface area contributed by atoms with E-state index in [1.165, 1.54) is 19.2 Å². The molecule has 26 heavy (non-hydrogen) atoms. The van der Waals surface area contributed by atoms with Crippen molar-refractivity contribution < 1.29 is 19.1 Å². The van der Waals surface area contributed by atoms with Gasteiger partial charge in [0, 0.05) is 16.7 Å². The zero-order chi connectivity index (χ0) is 18.9. The van der Waals surface area contributed by atoms with Crippen LogP contribution < -0.4 is 4.74 Å². The minimum Gasteiger partial charge on any atom is -0.497 e. The number of halogens is 3. The van der Waals surface area contributed by atoms with Gasteiger partial charge in [-0.25, -0.2) is 0 Å². The van der Waals surface area contributed by atoms with Crippen molar-refractivity contribution in [1.29, 1.82) is 0 Å². The van der Waals surface area contributed by atoms with Gasteiger partial charge in [-0.15, -0.1) is 0 Å². The van der Waals surface area contributed by atoms with E-state index in [2.05, 4.69) is 15.9 Å². The summed E-state index contributed by atoms with van der Waals surface area (Å²) in [4.78, 5) is 10.9. The molecule has 138 valence electrons. The van der Waals surface area contributed by atoms with E-state index in [-0.39, 0.29) is 17.6 Å². The summed E-state index contributed by atoms with van der Waals surface area (Å²) in [6, 6.07) is 9.50. The van der Waals surface area contributed by atoms with E-state index < -0.39 is 16.8 Å². The maximum absolute atomic E-state index is 11.4.